The number of hydrogen-bond acceptors (Lipinski definition) is 3. The van der Waals surface area contributed by atoms with E-state index < -0.39 is 11.7 Å². The minimum absolute atomic E-state index is 0.00560. The van der Waals surface area contributed by atoms with Crippen LogP contribution in [0.25, 0.3) is 11.4 Å². The lowest BCUT2D eigenvalue weighted by atomic mass is 10.1. The van der Waals surface area contributed by atoms with Gasteiger partial charge >= 0.3 is 18.1 Å². The summed E-state index contributed by atoms with van der Waals surface area (Å²) in [6, 6.07) is 12.5. The summed E-state index contributed by atoms with van der Waals surface area (Å²) in [6.07, 6.45) is -0.749. The second kappa shape index (κ2) is 7.93. The zero-order valence-corrected chi connectivity index (χ0v) is 17.3. The van der Waals surface area contributed by atoms with Crippen molar-refractivity contribution < 1.29 is 17.9 Å². The maximum atomic E-state index is 12.8. The zero-order valence-electron chi connectivity index (χ0n) is 15.7. The Morgan fingerprint density at radius 2 is 1.80 bits per heavy atom. The van der Waals surface area contributed by atoms with E-state index in [0.29, 0.717) is 11.6 Å². The first kappa shape index (κ1) is 20.1. The molecule has 1 aliphatic rings. The van der Waals surface area contributed by atoms with Crippen molar-refractivity contribution >= 4 is 27.9 Å². The van der Waals surface area contributed by atoms with Gasteiger partial charge in [0.05, 0.1) is 17.2 Å². The molecule has 1 aromatic heterocycles. The monoisotopic (exact) mass is 475 g/mol. The van der Waals surface area contributed by atoms with Crippen LogP contribution < -0.4 is 9.40 Å². The number of allylic oxidation sites excluding steroid dienone is 2. The lowest BCUT2D eigenvalue weighted by molar-refractivity contribution is -0.137. The Morgan fingerprint density at radius 3 is 2.47 bits per heavy atom. The third-order valence-electron chi connectivity index (χ3n) is 4.53. The molecule has 0 aliphatic carbocycles. The van der Waals surface area contributed by atoms with E-state index in [1.807, 2.05) is 30.3 Å². The van der Waals surface area contributed by atoms with Crippen molar-refractivity contribution in [2.75, 3.05) is 0 Å². The van der Waals surface area contributed by atoms with Gasteiger partial charge in [-0.2, -0.15) is 13.2 Å². The SMILES string of the molecule is Cn1c(COc2cccc(C(F)(F)F)c2)nnc1-c1ccc(C2=[N+]=CC(Br)=C2)cc1. The van der Waals surface area contributed by atoms with Crippen LogP contribution in [-0.4, -0.2) is 26.7 Å². The molecule has 0 bridgehead atoms. The topological polar surface area (TPSA) is 54.0 Å². The summed E-state index contributed by atoms with van der Waals surface area (Å²) in [6.45, 7) is -0.00560. The average Bonchev–Trinajstić information content (AvgIpc) is 3.32. The smallest absolute Gasteiger partial charge is 0.416 e. The quantitative estimate of drug-likeness (QED) is 0.517. The Bertz CT molecular complexity index is 1190. The van der Waals surface area contributed by atoms with Crippen LogP contribution in [0.3, 0.4) is 0 Å². The molecule has 152 valence electrons. The largest absolute Gasteiger partial charge is 0.486 e. The molecular formula is C21H15BrF3N4O+. The highest BCUT2D eigenvalue weighted by Crippen LogP contribution is 2.31. The molecule has 0 atom stereocenters. The van der Waals surface area contributed by atoms with Crippen LogP contribution in [-0.2, 0) is 19.8 Å². The van der Waals surface area contributed by atoms with Crippen LogP contribution in [0.4, 0.5) is 13.2 Å². The minimum atomic E-state index is -4.42. The van der Waals surface area contributed by atoms with Crippen molar-refractivity contribution in [2.45, 2.75) is 12.8 Å². The number of nitrogens with zero attached hydrogens (tertiary/aromatic N) is 4. The molecule has 5 nitrogen and oxygen atoms in total. The maximum Gasteiger partial charge on any atom is 0.416 e. The highest BCUT2D eigenvalue weighted by atomic mass is 79.9. The van der Waals surface area contributed by atoms with Gasteiger partial charge in [0, 0.05) is 12.6 Å². The summed E-state index contributed by atoms with van der Waals surface area (Å²) in [5, 5.41) is 8.30. The molecule has 3 aromatic rings. The second-order valence-corrected chi connectivity index (χ2v) is 7.48. The standard InChI is InChI=1S/C21H15BrF3N4O/c1-29-19(12-30-17-4-2-3-15(9-17)21(23,24)25)27-28-20(29)14-7-5-13(6-8-14)18-10-16(22)11-26-18/h2-11H,12H2,1H3/q+1. The third kappa shape index (κ3) is 4.22. The Kier molecular flexibility index (Phi) is 5.32. The lowest BCUT2D eigenvalue weighted by Gasteiger charge is -2.10. The van der Waals surface area contributed by atoms with Gasteiger partial charge in [-0.25, -0.2) is 0 Å². The van der Waals surface area contributed by atoms with Crippen molar-refractivity contribution in [1.29, 1.82) is 0 Å². The Morgan fingerprint density at radius 1 is 1.07 bits per heavy atom. The van der Waals surface area contributed by atoms with Crippen molar-refractivity contribution in [3.8, 4) is 17.1 Å². The normalized spacial score (nSPS) is 13.4. The van der Waals surface area contributed by atoms with E-state index in [1.165, 1.54) is 12.1 Å². The molecule has 0 saturated carbocycles. The fraction of sp³-hybridized carbons (Fsp3) is 0.143. The third-order valence-corrected chi connectivity index (χ3v) is 4.97. The summed E-state index contributed by atoms with van der Waals surface area (Å²) in [7, 11) is 1.78. The van der Waals surface area contributed by atoms with Crippen LogP contribution >= 0.6 is 15.9 Å². The van der Waals surface area contributed by atoms with Crippen LogP contribution in [0.1, 0.15) is 17.0 Å². The van der Waals surface area contributed by atoms with E-state index in [4.69, 9.17) is 4.74 Å². The van der Waals surface area contributed by atoms with Gasteiger partial charge in [0.2, 0.25) is 0 Å². The molecule has 2 heterocycles. The van der Waals surface area contributed by atoms with Crippen LogP contribution in [0.2, 0.25) is 0 Å². The number of hydrogen-bond donors (Lipinski definition) is 0. The second-order valence-electron chi connectivity index (χ2n) is 6.56. The fourth-order valence-electron chi connectivity index (χ4n) is 2.93. The summed E-state index contributed by atoms with van der Waals surface area (Å²) in [5.41, 5.74) is 1.93. The van der Waals surface area contributed by atoms with E-state index >= 15 is 0 Å². The van der Waals surface area contributed by atoms with E-state index in [2.05, 4.69) is 30.8 Å². The van der Waals surface area contributed by atoms with Crippen molar-refractivity contribution in [2.24, 2.45) is 7.05 Å². The number of rotatable bonds is 5. The average molecular weight is 476 g/mol. The molecule has 30 heavy (non-hydrogen) atoms. The molecule has 0 fully saturated rings. The first-order valence-corrected chi connectivity index (χ1v) is 9.68. The number of halogens is 4. The molecule has 4 rings (SSSR count). The summed E-state index contributed by atoms with van der Waals surface area (Å²) >= 11 is 3.39. The van der Waals surface area contributed by atoms with Gasteiger partial charge in [-0.05, 0) is 46.3 Å². The number of aromatic nitrogens is 3. The Hall–Kier alpha value is -3.16. The zero-order chi connectivity index (χ0) is 21.3. The van der Waals surface area contributed by atoms with E-state index in [9.17, 15) is 13.2 Å². The molecular weight excluding hydrogens is 461 g/mol. The van der Waals surface area contributed by atoms with Crippen LogP contribution in [0.5, 0.6) is 5.75 Å². The van der Waals surface area contributed by atoms with Crippen molar-refractivity contribution in [3.05, 3.63) is 76.0 Å². The molecule has 2 aromatic carbocycles. The number of benzene rings is 2. The van der Waals surface area contributed by atoms with Gasteiger partial charge in [0.15, 0.2) is 11.6 Å². The fourth-order valence-corrected chi connectivity index (χ4v) is 3.25. The number of alkyl halides is 3. The molecule has 1 aliphatic heterocycles. The molecule has 0 N–H and O–H groups in total. The predicted molar refractivity (Wildman–Crippen MR) is 112 cm³/mol. The Balaban J connectivity index is 1.49. The summed E-state index contributed by atoms with van der Waals surface area (Å²) in [5.74, 6) is 1.24. The number of ether oxygens (including phenoxy) is 1. The van der Waals surface area contributed by atoms with Crippen molar-refractivity contribution in [1.82, 2.24) is 19.4 Å². The van der Waals surface area contributed by atoms with E-state index in [0.717, 1.165) is 33.5 Å². The molecule has 0 unspecified atom stereocenters. The van der Waals surface area contributed by atoms with Gasteiger partial charge < -0.3 is 9.30 Å². The van der Waals surface area contributed by atoms with Gasteiger partial charge in [0.25, 0.3) is 0 Å². The molecule has 0 spiro atoms. The summed E-state index contributed by atoms with van der Waals surface area (Å²) in [4.78, 5) is 0. The van der Waals surface area contributed by atoms with Crippen LogP contribution in [0.15, 0.2) is 59.1 Å². The van der Waals surface area contributed by atoms with Gasteiger partial charge in [0.1, 0.15) is 16.8 Å². The predicted octanol–water partition coefficient (Wildman–Crippen LogP) is 4.30. The Labute approximate surface area is 178 Å². The molecule has 0 amide bonds. The molecule has 0 saturated heterocycles. The maximum absolute atomic E-state index is 12.8. The van der Waals surface area contributed by atoms with Crippen LogP contribution in [0, 0.1) is 0 Å². The van der Waals surface area contributed by atoms with E-state index in [-0.39, 0.29) is 12.4 Å². The first-order chi connectivity index (χ1) is 14.3. The van der Waals surface area contributed by atoms with Gasteiger partial charge in [-0.3, -0.25) is 0 Å². The molecule has 9 heteroatoms. The lowest BCUT2D eigenvalue weighted by Crippen LogP contribution is -2.07. The highest BCUT2D eigenvalue weighted by Gasteiger charge is 2.30. The molecule has 0 radical (unpaired) electrons. The van der Waals surface area contributed by atoms with Gasteiger partial charge in [-0.1, -0.05) is 22.9 Å². The first-order valence-electron chi connectivity index (χ1n) is 8.88. The van der Waals surface area contributed by atoms with E-state index in [1.54, 1.807) is 17.8 Å². The minimum Gasteiger partial charge on any atom is -0.486 e. The highest BCUT2D eigenvalue weighted by molar-refractivity contribution is 9.12. The van der Waals surface area contributed by atoms with Gasteiger partial charge in [-0.15, -0.1) is 10.2 Å². The summed E-state index contributed by atoms with van der Waals surface area (Å²) < 4.78 is 51.0. The van der Waals surface area contributed by atoms with Crippen molar-refractivity contribution in [3.63, 3.8) is 0 Å².